The molecular weight excluding hydrogens is 226 g/mol. The lowest BCUT2D eigenvalue weighted by atomic mass is 10.1. The Kier molecular flexibility index (Phi) is 3.09. The highest BCUT2D eigenvalue weighted by Crippen LogP contribution is 2.35. The van der Waals surface area contributed by atoms with Crippen LogP contribution in [0.3, 0.4) is 0 Å². The molecule has 1 heterocycles. The Balaban J connectivity index is 2.21. The number of hydrogen-bond acceptors (Lipinski definition) is 2. The van der Waals surface area contributed by atoms with E-state index >= 15 is 0 Å². The normalized spacial score (nSPS) is 16.7. The number of halogens is 2. The van der Waals surface area contributed by atoms with Gasteiger partial charge in [0.05, 0.1) is 5.56 Å². The third kappa shape index (κ3) is 2.28. The van der Waals surface area contributed by atoms with Gasteiger partial charge in [-0.3, -0.25) is 4.79 Å². The van der Waals surface area contributed by atoms with Crippen molar-refractivity contribution in [3.63, 3.8) is 0 Å². The zero-order valence-electron chi connectivity index (χ0n) is 9.78. The van der Waals surface area contributed by atoms with Crippen molar-refractivity contribution in [3.8, 4) is 0 Å². The summed E-state index contributed by atoms with van der Waals surface area (Å²) < 4.78 is 26.3. The molecule has 1 saturated carbocycles. The van der Waals surface area contributed by atoms with E-state index < -0.39 is 17.7 Å². The van der Waals surface area contributed by atoms with E-state index in [4.69, 9.17) is 0 Å². The number of carbonyl (C=O) groups is 1. The number of nitrogens with zero attached hydrogens (tertiary/aromatic N) is 2. The monoisotopic (exact) mass is 240 g/mol. The number of carbonyl (C=O) groups excluding carboxylic acids is 1. The van der Waals surface area contributed by atoms with Gasteiger partial charge < -0.3 is 4.90 Å². The molecule has 1 atom stereocenters. The SMILES string of the molecule is CC(C1CC1)N(C)C(=O)c1ccnc(F)c1F. The molecule has 1 aromatic rings. The van der Waals surface area contributed by atoms with Crippen molar-refractivity contribution in [2.45, 2.75) is 25.8 Å². The van der Waals surface area contributed by atoms with Crippen molar-refractivity contribution in [1.82, 2.24) is 9.88 Å². The number of amides is 1. The molecule has 1 amide bonds. The van der Waals surface area contributed by atoms with Crippen LogP contribution in [0.15, 0.2) is 12.3 Å². The standard InChI is InChI=1S/C12H14F2N2O/c1-7(8-3-4-8)16(2)12(17)9-5-6-15-11(14)10(9)13/h5-8H,3-4H2,1-2H3. The highest BCUT2D eigenvalue weighted by Gasteiger charge is 2.33. The van der Waals surface area contributed by atoms with Crippen LogP contribution in [0.5, 0.6) is 0 Å². The van der Waals surface area contributed by atoms with Crippen molar-refractivity contribution in [3.05, 3.63) is 29.6 Å². The summed E-state index contributed by atoms with van der Waals surface area (Å²) in [6, 6.07) is 1.26. The zero-order chi connectivity index (χ0) is 12.6. The van der Waals surface area contributed by atoms with E-state index in [1.165, 1.54) is 11.0 Å². The Morgan fingerprint density at radius 3 is 2.76 bits per heavy atom. The minimum atomic E-state index is -1.23. The summed E-state index contributed by atoms with van der Waals surface area (Å²) in [7, 11) is 1.61. The summed E-state index contributed by atoms with van der Waals surface area (Å²) in [6.07, 6.45) is 3.28. The van der Waals surface area contributed by atoms with E-state index in [0.29, 0.717) is 5.92 Å². The first-order valence-corrected chi connectivity index (χ1v) is 5.59. The Morgan fingerprint density at radius 1 is 1.53 bits per heavy atom. The number of hydrogen-bond donors (Lipinski definition) is 0. The average molecular weight is 240 g/mol. The zero-order valence-corrected chi connectivity index (χ0v) is 9.78. The van der Waals surface area contributed by atoms with Gasteiger partial charge in [-0.25, -0.2) is 9.37 Å². The average Bonchev–Trinajstić information content (AvgIpc) is 3.14. The van der Waals surface area contributed by atoms with E-state index in [2.05, 4.69) is 4.98 Å². The minimum Gasteiger partial charge on any atom is -0.339 e. The Bertz CT molecular complexity index is 446. The van der Waals surface area contributed by atoms with E-state index in [9.17, 15) is 13.6 Å². The molecule has 1 aliphatic rings. The number of rotatable bonds is 3. The summed E-state index contributed by atoms with van der Waals surface area (Å²) in [5.41, 5.74) is -0.257. The molecule has 1 fully saturated rings. The maximum Gasteiger partial charge on any atom is 0.257 e. The van der Waals surface area contributed by atoms with Crippen molar-refractivity contribution < 1.29 is 13.6 Å². The molecule has 0 aliphatic heterocycles. The Hall–Kier alpha value is -1.52. The predicted octanol–water partition coefficient (Wildman–Crippen LogP) is 2.23. The molecule has 5 heteroatoms. The molecule has 0 N–H and O–H groups in total. The summed E-state index contributed by atoms with van der Waals surface area (Å²) in [6.45, 7) is 1.92. The molecule has 0 radical (unpaired) electrons. The summed E-state index contributed by atoms with van der Waals surface area (Å²) in [5.74, 6) is -2.42. The molecule has 1 unspecified atom stereocenters. The van der Waals surface area contributed by atoms with Crippen LogP contribution in [-0.4, -0.2) is 28.9 Å². The second-order valence-corrected chi connectivity index (χ2v) is 4.46. The van der Waals surface area contributed by atoms with Gasteiger partial charge >= 0.3 is 0 Å². The second-order valence-electron chi connectivity index (χ2n) is 4.46. The first-order chi connectivity index (χ1) is 8.02. The number of pyridine rings is 1. The molecular formula is C12H14F2N2O. The quantitative estimate of drug-likeness (QED) is 0.759. The van der Waals surface area contributed by atoms with E-state index in [-0.39, 0.29) is 11.6 Å². The van der Waals surface area contributed by atoms with Gasteiger partial charge in [-0.2, -0.15) is 4.39 Å². The topological polar surface area (TPSA) is 33.2 Å². The smallest absolute Gasteiger partial charge is 0.257 e. The summed E-state index contributed by atoms with van der Waals surface area (Å²) in [5, 5.41) is 0. The largest absolute Gasteiger partial charge is 0.339 e. The van der Waals surface area contributed by atoms with Crippen LogP contribution in [0.2, 0.25) is 0 Å². The molecule has 0 spiro atoms. The van der Waals surface area contributed by atoms with Gasteiger partial charge in [0.2, 0.25) is 5.95 Å². The van der Waals surface area contributed by atoms with Crippen LogP contribution in [0.1, 0.15) is 30.1 Å². The van der Waals surface area contributed by atoms with Crippen LogP contribution in [0, 0.1) is 17.7 Å². The fourth-order valence-electron chi connectivity index (χ4n) is 1.85. The molecule has 92 valence electrons. The minimum absolute atomic E-state index is 0.0538. The molecule has 0 bridgehead atoms. The lowest BCUT2D eigenvalue weighted by molar-refractivity contribution is 0.0721. The first-order valence-electron chi connectivity index (χ1n) is 5.59. The van der Waals surface area contributed by atoms with Crippen molar-refractivity contribution in [2.75, 3.05) is 7.05 Å². The van der Waals surface area contributed by atoms with E-state index in [1.54, 1.807) is 7.05 Å². The first kappa shape index (κ1) is 12.0. The molecule has 1 aliphatic carbocycles. The second kappa shape index (κ2) is 4.39. The third-order valence-electron chi connectivity index (χ3n) is 3.31. The van der Waals surface area contributed by atoms with Crippen LogP contribution in [0.4, 0.5) is 8.78 Å². The fraction of sp³-hybridized carbons (Fsp3) is 0.500. The molecule has 2 rings (SSSR count). The van der Waals surface area contributed by atoms with Gasteiger partial charge in [0.1, 0.15) is 0 Å². The number of aromatic nitrogens is 1. The van der Waals surface area contributed by atoms with Gasteiger partial charge in [0, 0.05) is 19.3 Å². The van der Waals surface area contributed by atoms with Gasteiger partial charge in [-0.1, -0.05) is 0 Å². The maximum atomic E-state index is 13.4. The van der Waals surface area contributed by atoms with E-state index in [1.807, 2.05) is 6.92 Å². The van der Waals surface area contributed by atoms with Crippen LogP contribution in [0.25, 0.3) is 0 Å². The van der Waals surface area contributed by atoms with Gasteiger partial charge in [0.15, 0.2) is 5.82 Å². The molecule has 0 aromatic carbocycles. The summed E-state index contributed by atoms with van der Waals surface area (Å²) >= 11 is 0. The highest BCUT2D eigenvalue weighted by atomic mass is 19.2. The van der Waals surface area contributed by atoms with Gasteiger partial charge in [-0.15, -0.1) is 0 Å². The van der Waals surface area contributed by atoms with Gasteiger partial charge in [-0.05, 0) is 31.7 Å². The fourth-order valence-corrected chi connectivity index (χ4v) is 1.85. The van der Waals surface area contributed by atoms with Crippen LogP contribution in [-0.2, 0) is 0 Å². The highest BCUT2D eigenvalue weighted by molar-refractivity contribution is 5.94. The van der Waals surface area contributed by atoms with Crippen molar-refractivity contribution in [2.24, 2.45) is 5.92 Å². The Labute approximate surface area is 98.5 Å². The molecule has 17 heavy (non-hydrogen) atoms. The predicted molar refractivity (Wildman–Crippen MR) is 58.4 cm³/mol. The van der Waals surface area contributed by atoms with Crippen molar-refractivity contribution >= 4 is 5.91 Å². The maximum absolute atomic E-state index is 13.4. The molecule has 3 nitrogen and oxygen atoms in total. The van der Waals surface area contributed by atoms with E-state index in [0.717, 1.165) is 19.0 Å². The lowest BCUT2D eigenvalue weighted by Crippen LogP contribution is -2.37. The Morgan fingerprint density at radius 2 is 2.18 bits per heavy atom. The van der Waals surface area contributed by atoms with Crippen LogP contribution < -0.4 is 0 Å². The molecule has 0 saturated heterocycles. The van der Waals surface area contributed by atoms with Gasteiger partial charge in [0.25, 0.3) is 5.91 Å². The lowest BCUT2D eigenvalue weighted by Gasteiger charge is -2.25. The molecule has 1 aromatic heterocycles. The van der Waals surface area contributed by atoms with Crippen molar-refractivity contribution in [1.29, 1.82) is 0 Å². The summed E-state index contributed by atoms with van der Waals surface area (Å²) in [4.78, 5) is 16.6. The van der Waals surface area contributed by atoms with Crippen LogP contribution >= 0.6 is 0 Å². The third-order valence-corrected chi connectivity index (χ3v) is 3.31.